The Hall–Kier alpha value is -2.00. The molecule has 8 heteroatoms. The number of carbonyl (C=O) groups excluding carboxylic acids is 1. The normalized spacial score (nSPS) is 14.9. The number of hydrogen-bond donors (Lipinski definition) is 0. The van der Waals surface area contributed by atoms with Crippen LogP contribution in [0.5, 0.6) is 5.75 Å². The van der Waals surface area contributed by atoms with Crippen molar-refractivity contribution in [3.05, 3.63) is 40.6 Å². The minimum atomic E-state index is 0.0976. The first-order valence-electron chi connectivity index (χ1n) is 9.80. The molecule has 0 atom stereocenters. The van der Waals surface area contributed by atoms with Crippen LogP contribution in [0.3, 0.4) is 0 Å². The second kappa shape index (κ2) is 9.67. The van der Waals surface area contributed by atoms with Crippen LogP contribution in [0.15, 0.2) is 35.7 Å². The fourth-order valence-corrected chi connectivity index (χ4v) is 5.13. The molecule has 1 amide bonds. The lowest BCUT2D eigenvalue weighted by Crippen LogP contribution is -2.39. The quantitative estimate of drug-likeness (QED) is 0.545. The maximum Gasteiger partial charge on any atom is 0.234 e. The van der Waals surface area contributed by atoms with Gasteiger partial charge in [-0.1, -0.05) is 17.4 Å². The number of hydrogen-bond acceptors (Lipinski definition) is 7. The van der Waals surface area contributed by atoms with E-state index in [4.69, 9.17) is 14.5 Å². The highest BCUT2D eigenvalue weighted by Gasteiger charge is 2.21. The van der Waals surface area contributed by atoms with Crippen LogP contribution in [0.25, 0.3) is 10.2 Å². The fraction of sp³-hybridized carbons (Fsp3) is 0.429. The van der Waals surface area contributed by atoms with Crippen LogP contribution < -0.4 is 9.64 Å². The van der Waals surface area contributed by atoms with Crippen LogP contribution in [0.4, 0.5) is 5.13 Å². The van der Waals surface area contributed by atoms with Crippen molar-refractivity contribution in [1.29, 1.82) is 0 Å². The molecule has 1 fully saturated rings. The summed E-state index contributed by atoms with van der Waals surface area (Å²) in [6.07, 6.45) is 1.32. The minimum absolute atomic E-state index is 0.0976. The Bertz CT molecular complexity index is 936. The van der Waals surface area contributed by atoms with Gasteiger partial charge in [-0.2, -0.15) is 0 Å². The predicted molar refractivity (Wildman–Crippen MR) is 118 cm³/mol. The number of nitrogens with zero attached hydrogens (tertiary/aromatic N) is 3. The summed E-state index contributed by atoms with van der Waals surface area (Å²) in [7, 11) is 1.66. The first-order chi connectivity index (χ1) is 14.2. The molecule has 4 rings (SSSR count). The second-order valence-corrected chi connectivity index (χ2v) is 8.98. The molecule has 6 nitrogen and oxygen atoms in total. The molecular weight excluding hydrogens is 406 g/mol. The van der Waals surface area contributed by atoms with Crippen LogP contribution in [0, 0.1) is 0 Å². The minimum Gasteiger partial charge on any atom is -0.497 e. The highest BCUT2D eigenvalue weighted by atomic mass is 32.1. The van der Waals surface area contributed by atoms with Crippen molar-refractivity contribution in [3.8, 4) is 5.75 Å². The van der Waals surface area contributed by atoms with E-state index in [9.17, 15) is 4.79 Å². The topological polar surface area (TPSA) is 54.9 Å². The third kappa shape index (κ3) is 5.14. The van der Waals surface area contributed by atoms with Gasteiger partial charge in [-0.3, -0.25) is 14.6 Å². The highest BCUT2D eigenvalue weighted by molar-refractivity contribution is 7.22. The number of amides is 1. The SMILES string of the molecule is COc1ccc2nc(N(CCCN3CCOCC3)C(=O)Cc3cccs3)sc2c1. The number of rotatable bonds is 8. The molecule has 0 aliphatic carbocycles. The monoisotopic (exact) mass is 431 g/mol. The molecule has 1 aromatic carbocycles. The lowest BCUT2D eigenvalue weighted by molar-refractivity contribution is -0.118. The number of methoxy groups -OCH3 is 1. The van der Waals surface area contributed by atoms with Crippen molar-refractivity contribution in [3.63, 3.8) is 0 Å². The summed E-state index contributed by atoms with van der Waals surface area (Å²) in [4.78, 5) is 23.2. The number of aromatic nitrogens is 1. The second-order valence-electron chi connectivity index (χ2n) is 6.94. The number of ether oxygens (including phenoxy) is 2. The number of fused-ring (bicyclic) bond motifs is 1. The molecule has 0 N–H and O–H groups in total. The van der Waals surface area contributed by atoms with Crippen molar-refractivity contribution in [2.45, 2.75) is 12.8 Å². The van der Waals surface area contributed by atoms with Gasteiger partial charge in [0.2, 0.25) is 5.91 Å². The summed E-state index contributed by atoms with van der Waals surface area (Å²) >= 11 is 3.16. The van der Waals surface area contributed by atoms with E-state index >= 15 is 0 Å². The molecule has 154 valence electrons. The van der Waals surface area contributed by atoms with Gasteiger partial charge in [0, 0.05) is 31.1 Å². The van der Waals surface area contributed by atoms with Gasteiger partial charge in [0.25, 0.3) is 0 Å². The molecule has 3 aromatic rings. The smallest absolute Gasteiger partial charge is 0.234 e. The maximum atomic E-state index is 13.1. The average Bonchev–Trinajstić information content (AvgIpc) is 3.40. The molecule has 0 radical (unpaired) electrons. The largest absolute Gasteiger partial charge is 0.497 e. The van der Waals surface area contributed by atoms with Gasteiger partial charge < -0.3 is 9.47 Å². The Morgan fingerprint density at radius 2 is 2.17 bits per heavy atom. The van der Waals surface area contributed by atoms with Crippen molar-refractivity contribution in [2.75, 3.05) is 51.4 Å². The average molecular weight is 432 g/mol. The Morgan fingerprint density at radius 1 is 1.31 bits per heavy atom. The number of morpholine rings is 1. The van der Waals surface area contributed by atoms with Crippen LogP contribution in [0.1, 0.15) is 11.3 Å². The van der Waals surface area contributed by atoms with Gasteiger partial charge in [-0.15, -0.1) is 11.3 Å². The summed E-state index contributed by atoms with van der Waals surface area (Å²) in [5, 5.41) is 2.77. The van der Waals surface area contributed by atoms with Crippen LogP contribution >= 0.6 is 22.7 Å². The van der Waals surface area contributed by atoms with Gasteiger partial charge >= 0.3 is 0 Å². The van der Waals surface area contributed by atoms with Crippen LogP contribution in [-0.4, -0.2) is 62.3 Å². The molecule has 1 saturated heterocycles. The molecule has 0 spiro atoms. The van der Waals surface area contributed by atoms with Crippen molar-refractivity contribution in [2.24, 2.45) is 0 Å². The van der Waals surface area contributed by atoms with E-state index in [0.29, 0.717) is 13.0 Å². The summed E-state index contributed by atoms with van der Waals surface area (Å²) in [5.74, 6) is 0.900. The van der Waals surface area contributed by atoms with E-state index in [1.807, 2.05) is 40.6 Å². The predicted octanol–water partition coefficient (Wildman–Crippen LogP) is 3.66. The van der Waals surface area contributed by atoms with E-state index in [0.717, 1.165) is 65.2 Å². The standard InChI is InChI=1S/C21H25N3O3S2/c1-26-16-5-6-18-19(14-16)29-21(22-18)24(20(25)15-17-4-2-13-28-17)8-3-7-23-9-11-27-12-10-23/h2,4-6,13-14H,3,7-12,15H2,1H3. The number of carbonyl (C=O) groups is 1. The number of anilines is 1. The summed E-state index contributed by atoms with van der Waals surface area (Å²) in [5.41, 5.74) is 0.896. The molecule has 0 unspecified atom stereocenters. The Morgan fingerprint density at radius 3 is 2.93 bits per heavy atom. The zero-order valence-electron chi connectivity index (χ0n) is 16.5. The first-order valence-corrected chi connectivity index (χ1v) is 11.5. The molecule has 3 heterocycles. The number of thiazole rings is 1. The van der Waals surface area contributed by atoms with E-state index in [-0.39, 0.29) is 5.91 Å². The van der Waals surface area contributed by atoms with Gasteiger partial charge in [-0.05, 0) is 36.1 Å². The third-order valence-corrected chi connectivity index (χ3v) is 6.90. The molecule has 29 heavy (non-hydrogen) atoms. The van der Waals surface area contributed by atoms with Crippen LogP contribution in [0.2, 0.25) is 0 Å². The Labute approximate surface area is 178 Å². The Balaban J connectivity index is 1.50. The van der Waals surface area contributed by atoms with Crippen molar-refractivity contribution in [1.82, 2.24) is 9.88 Å². The zero-order valence-corrected chi connectivity index (χ0v) is 18.1. The lowest BCUT2D eigenvalue weighted by atomic mass is 10.3. The van der Waals surface area contributed by atoms with Crippen molar-refractivity contribution < 1.29 is 14.3 Å². The molecule has 1 aliphatic heterocycles. The summed E-state index contributed by atoms with van der Waals surface area (Å²) < 4.78 is 11.8. The Kier molecular flexibility index (Phi) is 6.76. The highest BCUT2D eigenvalue weighted by Crippen LogP contribution is 2.32. The van der Waals surface area contributed by atoms with E-state index in [1.54, 1.807) is 29.8 Å². The molecule has 0 saturated carbocycles. The molecule has 1 aliphatic rings. The van der Waals surface area contributed by atoms with E-state index in [1.165, 1.54) is 0 Å². The van der Waals surface area contributed by atoms with Gasteiger partial charge in [-0.25, -0.2) is 4.98 Å². The molecule has 2 aromatic heterocycles. The summed E-state index contributed by atoms with van der Waals surface area (Å²) in [6.45, 7) is 5.14. The fourth-order valence-electron chi connectivity index (χ4n) is 3.40. The molecule has 0 bridgehead atoms. The van der Waals surface area contributed by atoms with Crippen molar-refractivity contribution >= 4 is 43.9 Å². The first kappa shape index (κ1) is 20.3. The lowest BCUT2D eigenvalue weighted by Gasteiger charge is -2.27. The number of thiophene rings is 1. The van der Waals surface area contributed by atoms with Crippen LogP contribution in [-0.2, 0) is 16.0 Å². The maximum absolute atomic E-state index is 13.1. The van der Waals surface area contributed by atoms with E-state index < -0.39 is 0 Å². The van der Waals surface area contributed by atoms with Gasteiger partial charge in [0.1, 0.15) is 5.75 Å². The number of benzene rings is 1. The van der Waals surface area contributed by atoms with Gasteiger partial charge in [0.05, 0.1) is 37.0 Å². The van der Waals surface area contributed by atoms with Gasteiger partial charge in [0.15, 0.2) is 5.13 Å². The van der Waals surface area contributed by atoms with E-state index in [2.05, 4.69) is 4.90 Å². The summed E-state index contributed by atoms with van der Waals surface area (Å²) in [6, 6.07) is 9.83. The third-order valence-electron chi connectivity index (χ3n) is 4.98. The molecular formula is C21H25N3O3S2. The zero-order chi connectivity index (χ0) is 20.1.